The zero-order valence-corrected chi connectivity index (χ0v) is 25.7. The van der Waals surface area contributed by atoms with Crippen molar-refractivity contribution in [1.82, 2.24) is 14.0 Å². The van der Waals surface area contributed by atoms with Crippen molar-refractivity contribution in [3.8, 4) is 39.1 Å². The summed E-state index contributed by atoms with van der Waals surface area (Å²) < 4.78 is 2.58. The van der Waals surface area contributed by atoms with Crippen molar-refractivity contribution >= 4 is 38.0 Å². The molecule has 0 radical (unpaired) electrons. The van der Waals surface area contributed by atoms with E-state index in [1.165, 1.54) is 36.7 Å². The Morgan fingerprint density at radius 1 is 0.396 bits per heavy atom. The Morgan fingerprint density at radius 2 is 0.917 bits per heavy atom. The summed E-state index contributed by atoms with van der Waals surface area (Å²) in [6.45, 7) is 0. The predicted octanol–water partition coefficient (Wildman–Crippen LogP) is 9.31. The molecular formula is C43H27N3O2. The second-order valence-corrected chi connectivity index (χ2v) is 12.0. The summed E-state index contributed by atoms with van der Waals surface area (Å²) in [6, 6.07) is 53.1. The zero-order valence-electron chi connectivity index (χ0n) is 25.7. The van der Waals surface area contributed by atoms with E-state index in [0.717, 1.165) is 37.9 Å². The predicted molar refractivity (Wildman–Crippen MR) is 196 cm³/mol. The Kier molecular flexibility index (Phi) is 6.37. The normalized spacial score (nSPS) is 11.5. The third-order valence-corrected chi connectivity index (χ3v) is 9.21. The third-order valence-electron chi connectivity index (χ3n) is 9.21. The molecule has 9 rings (SSSR count). The molecule has 226 valence electrons. The van der Waals surface area contributed by atoms with Crippen LogP contribution in [0.2, 0.25) is 0 Å². The number of aromatic nitrogens is 3. The summed E-state index contributed by atoms with van der Waals surface area (Å²) in [4.78, 5) is 31.3. The van der Waals surface area contributed by atoms with Crippen molar-refractivity contribution in [1.29, 1.82) is 0 Å². The molecule has 0 unspecified atom stereocenters. The van der Waals surface area contributed by atoms with Crippen molar-refractivity contribution < 1.29 is 0 Å². The first-order valence-electron chi connectivity index (χ1n) is 15.9. The first-order chi connectivity index (χ1) is 23.6. The van der Waals surface area contributed by atoms with Crippen LogP contribution in [0.3, 0.4) is 0 Å². The molecule has 48 heavy (non-hydrogen) atoms. The zero-order chi connectivity index (χ0) is 32.2. The fourth-order valence-electron chi connectivity index (χ4n) is 6.89. The summed E-state index contributed by atoms with van der Waals surface area (Å²) in [5, 5.41) is 7.41. The van der Waals surface area contributed by atoms with Crippen LogP contribution in [-0.4, -0.2) is 14.0 Å². The quantitative estimate of drug-likeness (QED) is 0.185. The average molecular weight is 618 g/mol. The van der Waals surface area contributed by atoms with Crippen LogP contribution in [0.1, 0.15) is 0 Å². The molecule has 9 aromatic rings. The minimum absolute atomic E-state index is 0.300. The van der Waals surface area contributed by atoms with E-state index in [-0.39, 0.29) is 0 Å². The summed E-state index contributed by atoms with van der Waals surface area (Å²) in [6.07, 6.45) is 1.76. The van der Waals surface area contributed by atoms with E-state index in [0.29, 0.717) is 11.3 Å². The van der Waals surface area contributed by atoms with Gasteiger partial charge in [-0.3, -0.25) is 4.40 Å². The van der Waals surface area contributed by atoms with E-state index < -0.39 is 11.4 Å². The molecule has 0 fully saturated rings. The van der Waals surface area contributed by atoms with Gasteiger partial charge in [-0.25, -0.2) is 14.2 Å². The van der Waals surface area contributed by atoms with E-state index >= 15 is 0 Å². The minimum atomic E-state index is -0.614. The number of benzene rings is 7. The maximum atomic E-state index is 13.9. The van der Waals surface area contributed by atoms with E-state index in [2.05, 4.69) is 83.8 Å². The Morgan fingerprint density at radius 3 is 1.62 bits per heavy atom. The van der Waals surface area contributed by atoms with Crippen molar-refractivity contribution in [3.63, 3.8) is 0 Å². The monoisotopic (exact) mass is 617 g/mol. The second kappa shape index (κ2) is 11.0. The Hall–Kier alpha value is -6.59. The van der Waals surface area contributed by atoms with Crippen LogP contribution in [-0.2, 0) is 0 Å². The van der Waals surface area contributed by atoms with Gasteiger partial charge in [0, 0.05) is 6.20 Å². The Balaban J connectivity index is 1.15. The lowest BCUT2D eigenvalue weighted by Crippen LogP contribution is -2.38. The number of hydrogen-bond donors (Lipinski definition) is 0. The third kappa shape index (κ3) is 4.52. The van der Waals surface area contributed by atoms with Crippen molar-refractivity contribution in [2.24, 2.45) is 0 Å². The van der Waals surface area contributed by atoms with Crippen LogP contribution >= 0.6 is 0 Å². The van der Waals surface area contributed by atoms with Gasteiger partial charge in [0.25, 0.3) is 0 Å². The van der Waals surface area contributed by atoms with Gasteiger partial charge >= 0.3 is 11.4 Å². The average Bonchev–Trinajstić information content (AvgIpc) is 3.15. The largest absolute Gasteiger partial charge is 0.358 e. The van der Waals surface area contributed by atoms with Gasteiger partial charge in [0.1, 0.15) is 5.65 Å². The molecule has 0 spiro atoms. The van der Waals surface area contributed by atoms with Crippen molar-refractivity contribution in [2.45, 2.75) is 0 Å². The molecule has 5 nitrogen and oxygen atoms in total. The summed E-state index contributed by atoms with van der Waals surface area (Å²) >= 11 is 0. The van der Waals surface area contributed by atoms with E-state index in [4.69, 9.17) is 0 Å². The minimum Gasteiger partial charge on any atom is -0.252 e. The molecule has 0 atom stereocenters. The lowest BCUT2D eigenvalue weighted by molar-refractivity contribution is 0.795. The maximum absolute atomic E-state index is 13.9. The fraction of sp³-hybridized carbons (Fsp3) is 0. The number of pyridine rings is 1. The molecule has 5 heteroatoms. The van der Waals surface area contributed by atoms with E-state index in [1.54, 1.807) is 18.3 Å². The van der Waals surface area contributed by atoms with Crippen molar-refractivity contribution in [3.05, 3.63) is 185 Å². The molecule has 0 amide bonds. The Bertz CT molecular complexity index is 2800. The molecule has 2 heterocycles. The van der Waals surface area contributed by atoms with E-state index in [1.807, 2.05) is 66.7 Å². The number of fused-ring (bicyclic) bond motifs is 7. The van der Waals surface area contributed by atoms with Crippen LogP contribution in [0.25, 0.3) is 77.0 Å². The highest BCUT2D eigenvalue weighted by Gasteiger charge is 2.13. The van der Waals surface area contributed by atoms with Crippen molar-refractivity contribution in [2.75, 3.05) is 0 Å². The standard InChI is InChI=1S/C43H27N3O2/c47-42-44-41-23-21-33(27-45(41)43(48)46(42)34-15-9-14-31(25-34)28-10-2-1-3-11-28)30-13-8-12-29(24-30)32-20-22-39-37-18-5-4-16-35(37)36-17-6-7-19-38(36)40(39)26-32/h1-27H. The van der Waals surface area contributed by atoms with Crippen LogP contribution in [0, 0.1) is 0 Å². The smallest absolute Gasteiger partial charge is 0.252 e. The van der Waals surface area contributed by atoms with Gasteiger partial charge in [0.15, 0.2) is 0 Å². The number of rotatable bonds is 4. The van der Waals surface area contributed by atoms with Gasteiger partial charge in [0.05, 0.1) is 5.69 Å². The number of hydrogen-bond acceptors (Lipinski definition) is 3. The molecule has 2 aromatic heterocycles. The van der Waals surface area contributed by atoms with Gasteiger partial charge in [-0.1, -0.05) is 121 Å². The molecule has 0 N–H and O–H groups in total. The van der Waals surface area contributed by atoms with Crippen LogP contribution in [0.15, 0.2) is 174 Å². The van der Waals surface area contributed by atoms with Crippen LogP contribution in [0.4, 0.5) is 0 Å². The van der Waals surface area contributed by atoms with E-state index in [9.17, 15) is 9.59 Å². The second-order valence-electron chi connectivity index (χ2n) is 12.0. The highest BCUT2D eigenvalue weighted by molar-refractivity contribution is 6.25. The fourth-order valence-corrected chi connectivity index (χ4v) is 6.89. The lowest BCUT2D eigenvalue weighted by Gasteiger charge is -2.13. The maximum Gasteiger partial charge on any atom is 0.358 e. The SMILES string of the molecule is O=c1nc2ccc(-c3cccc(-c4ccc5c6ccccc6c6ccccc6c5c4)c3)cn2c(=O)n1-c1cccc(-c2ccccc2)c1. The molecule has 0 aliphatic carbocycles. The Labute approximate surface area is 275 Å². The van der Waals surface area contributed by atoms with Gasteiger partial charge in [-0.15, -0.1) is 0 Å². The van der Waals surface area contributed by atoms with Gasteiger partial charge in [-0.2, -0.15) is 4.98 Å². The number of nitrogens with zero attached hydrogens (tertiary/aromatic N) is 3. The molecular weight excluding hydrogens is 590 g/mol. The molecule has 0 saturated heterocycles. The molecule has 0 bridgehead atoms. The van der Waals surface area contributed by atoms with Gasteiger partial charge in [-0.05, 0) is 102 Å². The summed E-state index contributed by atoms with van der Waals surface area (Å²) in [7, 11) is 0. The highest BCUT2D eigenvalue weighted by Crippen LogP contribution is 2.37. The lowest BCUT2D eigenvalue weighted by atomic mass is 9.91. The summed E-state index contributed by atoms with van der Waals surface area (Å²) in [5.41, 5.74) is 5.56. The topological polar surface area (TPSA) is 56.4 Å². The first-order valence-corrected chi connectivity index (χ1v) is 15.9. The molecule has 7 aromatic carbocycles. The van der Waals surface area contributed by atoms with Crippen LogP contribution in [0.5, 0.6) is 0 Å². The summed E-state index contributed by atoms with van der Waals surface area (Å²) in [5.74, 6) is 0. The van der Waals surface area contributed by atoms with Gasteiger partial charge in [0.2, 0.25) is 0 Å². The molecule has 0 aliphatic rings. The molecule has 0 saturated carbocycles. The molecule has 0 aliphatic heterocycles. The highest BCUT2D eigenvalue weighted by atomic mass is 16.2. The first kappa shape index (κ1) is 27.7. The van der Waals surface area contributed by atoms with Crippen LogP contribution < -0.4 is 11.4 Å². The van der Waals surface area contributed by atoms with Gasteiger partial charge < -0.3 is 0 Å².